The molecule has 3 atom stereocenters. The van der Waals surface area contributed by atoms with E-state index in [2.05, 4.69) is 19.2 Å². The van der Waals surface area contributed by atoms with E-state index in [9.17, 15) is 9.59 Å². The average molecular weight is 350 g/mol. The number of likely N-dealkylation sites (tertiary alicyclic amines) is 1. The van der Waals surface area contributed by atoms with Crippen LogP contribution in [-0.4, -0.2) is 42.5 Å². The average Bonchev–Trinajstić information content (AvgIpc) is 2.87. The lowest BCUT2D eigenvalue weighted by Crippen LogP contribution is -2.50. The molecule has 2 saturated heterocycles. The number of halogens is 1. The summed E-state index contributed by atoms with van der Waals surface area (Å²) in [6.45, 7) is 6.44. The molecule has 1 aromatic carbocycles. The van der Waals surface area contributed by atoms with Crippen molar-refractivity contribution in [3.63, 3.8) is 0 Å². The van der Waals surface area contributed by atoms with E-state index in [1.54, 1.807) is 17.0 Å². The summed E-state index contributed by atoms with van der Waals surface area (Å²) >= 11 is 5.90. The van der Waals surface area contributed by atoms with E-state index in [-0.39, 0.29) is 18.0 Å². The van der Waals surface area contributed by atoms with Crippen LogP contribution in [0.1, 0.15) is 26.7 Å². The van der Waals surface area contributed by atoms with E-state index in [4.69, 9.17) is 11.6 Å². The molecule has 0 aliphatic carbocycles. The Balaban J connectivity index is 1.59. The van der Waals surface area contributed by atoms with Crippen LogP contribution in [-0.2, 0) is 4.79 Å². The van der Waals surface area contributed by atoms with Crippen LogP contribution >= 0.6 is 11.6 Å². The molecule has 0 saturated carbocycles. The second kappa shape index (κ2) is 7.01. The van der Waals surface area contributed by atoms with E-state index in [0.29, 0.717) is 29.8 Å². The Labute approximate surface area is 147 Å². The summed E-state index contributed by atoms with van der Waals surface area (Å²) in [7, 11) is 0. The van der Waals surface area contributed by atoms with Gasteiger partial charge in [0.2, 0.25) is 5.91 Å². The molecular weight excluding hydrogens is 326 g/mol. The number of hydrogen-bond donors (Lipinski definition) is 1. The molecule has 2 aliphatic heterocycles. The molecule has 0 bridgehead atoms. The molecule has 1 aromatic rings. The Morgan fingerprint density at radius 2 is 1.75 bits per heavy atom. The minimum atomic E-state index is -0.145. The van der Waals surface area contributed by atoms with Gasteiger partial charge in [-0.05, 0) is 42.5 Å². The molecule has 6 heteroatoms. The van der Waals surface area contributed by atoms with Crippen LogP contribution in [0.4, 0.5) is 10.5 Å². The fourth-order valence-corrected chi connectivity index (χ4v) is 3.90. The Morgan fingerprint density at radius 3 is 2.38 bits per heavy atom. The summed E-state index contributed by atoms with van der Waals surface area (Å²) < 4.78 is 0. The fraction of sp³-hybridized carbons (Fsp3) is 0.556. The topological polar surface area (TPSA) is 52.7 Å². The molecule has 24 heavy (non-hydrogen) atoms. The van der Waals surface area contributed by atoms with E-state index in [1.165, 1.54) is 0 Å². The van der Waals surface area contributed by atoms with Crippen LogP contribution in [0.5, 0.6) is 0 Å². The number of anilines is 1. The molecular formula is C18H24ClN3O2. The molecule has 0 radical (unpaired) electrons. The summed E-state index contributed by atoms with van der Waals surface area (Å²) in [5, 5.41) is 3.67. The summed E-state index contributed by atoms with van der Waals surface area (Å²) in [5.74, 6) is 1.08. The summed E-state index contributed by atoms with van der Waals surface area (Å²) in [5.41, 5.74) is 0.821. The zero-order chi connectivity index (χ0) is 17.3. The van der Waals surface area contributed by atoms with Gasteiger partial charge in [-0.1, -0.05) is 25.4 Å². The van der Waals surface area contributed by atoms with Gasteiger partial charge in [0, 0.05) is 36.8 Å². The lowest BCUT2D eigenvalue weighted by molar-refractivity contribution is -0.117. The first kappa shape index (κ1) is 17.1. The van der Waals surface area contributed by atoms with Crippen molar-refractivity contribution in [3.05, 3.63) is 29.3 Å². The number of carbonyl (C=O) groups is 2. The Morgan fingerprint density at radius 1 is 1.12 bits per heavy atom. The van der Waals surface area contributed by atoms with Crippen molar-refractivity contribution < 1.29 is 9.59 Å². The number of rotatable bonds is 2. The molecule has 0 unspecified atom stereocenters. The summed E-state index contributed by atoms with van der Waals surface area (Å²) in [4.78, 5) is 28.4. The monoisotopic (exact) mass is 349 g/mol. The van der Waals surface area contributed by atoms with Crippen molar-refractivity contribution in [2.45, 2.75) is 32.7 Å². The molecule has 5 nitrogen and oxygen atoms in total. The van der Waals surface area contributed by atoms with Gasteiger partial charge in [0.25, 0.3) is 0 Å². The number of hydrogen-bond acceptors (Lipinski definition) is 2. The van der Waals surface area contributed by atoms with Crippen molar-refractivity contribution in [1.82, 2.24) is 10.2 Å². The van der Waals surface area contributed by atoms with Gasteiger partial charge in [0.1, 0.15) is 0 Å². The number of nitrogens with one attached hydrogen (secondary N) is 1. The quantitative estimate of drug-likeness (QED) is 0.891. The number of nitrogens with zero attached hydrogens (tertiary/aromatic N) is 2. The second-order valence-corrected chi connectivity index (χ2v) is 7.62. The number of amides is 3. The van der Waals surface area contributed by atoms with Crippen LogP contribution in [0.25, 0.3) is 0 Å². The first-order valence-corrected chi connectivity index (χ1v) is 8.91. The van der Waals surface area contributed by atoms with E-state index in [1.807, 2.05) is 17.0 Å². The van der Waals surface area contributed by atoms with Gasteiger partial charge in [0.15, 0.2) is 0 Å². The van der Waals surface area contributed by atoms with Gasteiger partial charge >= 0.3 is 6.03 Å². The first-order valence-electron chi connectivity index (χ1n) is 8.53. The van der Waals surface area contributed by atoms with Gasteiger partial charge in [0.05, 0.1) is 6.04 Å². The minimum Gasteiger partial charge on any atom is -0.333 e. The molecule has 2 aliphatic rings. The van der Waals surface area contributed by atoms with E-state index in [0.717, 1.165) is 25.2 Å². The molecule has 0 spiro atoms. The highest BCUT2D eigenvalue weighted by molar-refractivity contribution is 6.30. The van der Waals surface area contributed by atoms with Crippen LogP contribution in [0, 0.1) is 11.8 Å². The van der Waals surface area contributed by atoms with Crippen LogP contribution in [0.3, 0.4) is 0 Å². The zero-order valence-electron chi connectivity index (χ0n) is 14.2. The molecule has 2 fully saturated rings. The maximum absolute atomic E-state index is 12.5. The zero-order valence-corrected chi connectivity index (χ0v) is 14.9. The normalized spacial score (nSPS) is 27.5. The van der Waals surface area contributed by atoms with Crippen molar-refractivity contribution >= 4 is 29.2 Å². The molecule has 0 aromatic heterocycles. The molecule has 3 rings (SSSR count). The largest absolute Gasteiger partial charge is 0.333 e. The highest BCUT2D eigenvalue weighted by Gasteiger charge is 2.33. The Kier molecular flexibility index (Phi) is 4.99. The SMILES string of the molecule is C[C@@H]1C[C@@H](C)CN(C(=O)N[C@@H]2CC(=O)N(c3ccc(Cl)cc3)C2)C1. The van der Waals surface area contributed by atoms with Gasteiger partial charge in [-0.15, -0.1) is 0 Å². The van der Waals surface area contributed by atoms with Gasteiger partial charge in [-0.3, -0.25) is 4.79 Å². The summed E-state index contributed by atoms with van der Waals surface area (Å²) in [6.07, 6.45) is 1.50. The third-order valence-electron chi connectivity index (χ3n) is 4.75. The van der Waals surface area contributed by atoms with Crippen LogP contribution in [0.2, 0.25) is 5.02 Å². The fourth-order valence-electron chi connectivity index (χ4n) is 3.77. The number of carbonyl (C=O) groups excluding carboxylic acids is 2. The predicted molar refractivity (Wildman–Crippen MR) is 95.3 cm³/mol. The van der Waals surface area contributed by atoms with E-state index >= 15 is 0 Å². The van der Waals surface area contributed by atoms with Crippen LogP contribution < -0.4 is 10.2 Å². The molecule has 3 amide bonds. The molecule has 2 heterocycles. The summed E-state index contributed by atoms with van der Waals surface area (Å²) in [6, 6.07) is 7.01. The highest BCUT2D eigenvalue weighted by atomic mass is 35.5. The van der Waals surface area contributed by atoms with Crippen LogP contribution in [0.15, 0.2) is 24.3 Å². The predicted octanol–water partition coefficient (Wildman–Crippen LogP) is 3.13. The first-order chi connectivity index (χ1) is 11.4. The minimum absolute atomic E-state index is 0.0306. The maximum Gasteiger partial charge on any atom is 0.317 e. The highest BCUT2D eigenvalue weighted by Crippen LogP contribution is 2.24. The van der Waals surface area contributed by atoms with Gasteiger partial charge in [-0.25, -0.2) is 4.79 Å². The molecule has 130 valence electrons. The number of piperidine rings is 1. The van der Waals surface area contributed by atoms with Gasteiger partial charge < -0.3 is 15.1 Å². The van der Waals surface area contributed by atoms with Crippen molar-refractivity contribution in [1.29, 1.82) is 0 Å². The van der Waals surface area contributed by atoms with E-state index < -0.39 is 0 Å². The Hall–Kier alpha value is -1.75. The van der Waals surface area contributed by atoms with Crippen molar-refractivity contribution in [3.8, 4) is 0 Å². The third-order valence-corrected chi connectivity index (χ3v) is 5.00. The lowest BCUT2D eigenvalue weighted by Gasteiger charge is -2.35. The second-order valence-electron chi connectivity index (χ2n) is 7.18. The standard InChI is InChI=1S/C18H24ClN3O2/c1-12-7-13(2)10-21(9-12)18(24)20-15-8-17(23)22(11-15)16-5-3-14(19)4-6-16/h3-6,12-13,15H,7-11H2,1-2H3,(H,20,24)/t12-,13-,15-/m1/s1. The smallest absolute Gasteiger partial charge is 0.317 e. The maximum atomic E-state index is 12.5. The Bertz CT molecular complexity index is 609. The number of urea groups is 1. The van der Waals surface area contributed by atoms with Gasteiger partial charge in [-0.2, -0.15) is 0 Å². The lowest BCUT2D eigenvalue weighted by atomic mass is 9.92. The van der Waals surface area contributed by atoms with Crippen molar-refractivity contribution in [2.75, 3.05) is 24.5 Å². The number of benzene rings is 1. The molecule has 1 N–H and O–H groups in total. The van der Waals surface area contributed by atoms with Crippen molar-refractivity contribution in [2.24, 2.45) is 11.8 Å². The third kappa shape index (κ3) is 3.83.